The van der Waals surface area contributed by atoms with Gasteiger partial charge < -0.3 is 15.4 Å². The molecule has 0 saturated carbocycles. The molecule has 0 unspecified atom stereocenters. The van der Waals surface area contributed by atoms with Crippen LogP contribution in [-0.2, 0) is 9.59 Å². The summed E-state index contributed by atoms with van der Waals surface area (Å²) in [5, 5.41) is 4.92. The van der Waals surface area contributed by atoms with Gasteiger partial charge in [0.15, 0.2) is 0 Å². The van der Waals surface area contributed by atoms with Crippen molar-refractivity contribution in [2.75, 3.05) is 17.7 Å². The third-order valence-corrected chi connectivity index (χ3v) is 2.85. The molecule has 0 aliphatic heterocycles. The quantitative estimate of drug-likeness (QED) is 0.835. The van der Waals surface area contributed by atoms with E-state index in [1.54, 1.807) is 30.3 Å². The fourth-order valence-electron chi connectivity index (χ4n) is 1.85. The van der Waals surface area contributed by atoms with Crippen molar-refractivity contribution >= 4 is 23.2 Å². The Balaban J connectivity index is 1.94. The minimum absolute atomic E-state index is 0.0394. The Morgan fingerprint density at radius 1 is 0.955 bits per heavy atom. The zero-order chi connectivity index (χ0) is 15.9. The Kier molecular flexibility index (Phi) is 5.08. The summed E-state index contributed by atoms with van der Waals surface area (Å²) in [6, 6.07) is 12.6. The smallest absolute Gasteiger partial charge is 0.233 e. The monoisotopic (exact) mass is 302 g/mol. The molecule has 0 aliphatic rings. The van der Waals surface area contributed by atoms with E-state index in [0.717, 1.165) is 0 Å². The van der Waals surface area contributed by atoms with Crippen LogP contribution >= 0.6 is 0 Å². The van der Waals surface area contributed by atoms with Gasteiger partial charge in [0.1, 0.15) is 18.0 Å². The van der Waals surface area contributed by atoms with E-state index in [2.05, 4.69) is 10.6 Å². The fraction of sp³-hybridized carbons (Fsp3) is 0.125. The minimum Gasteiger partial charge on any atom is -0.495 e. The number of carbonyl (C=O) groups excluding carboxylic acids is 2. The molecule has 0 spiro atoms. The highest BCUT2D eigenvalue weighted by atomic mass is 19.1. The second-order valence-electron chi connectivity index (χ2n) is 4.45. The van der Waals surface area contributed by atoms with E-state index < -0.39 is 24.1 Å². The summed E-state index contributed by atoms with van der Waals surface area (Å²) in [5.74, 6) is -1.18. The maximum atomic E-state index is 13.4. The maximum absolute atomic E-state index is 13.4. The summed E-state index contributed by atoms with van der Waals surface area (Å²) < 4.78 is 18.5. The van der Waals surface area contributed by atoms with Gasteiger partial charge in [0, 0.05) is 0 Å². The first-order valence-electron chi connectivity index (χ1n) is 6.57. The largest absolute Gasteiger partial charge is 0.495 e. The molecule has 2 rings (SSSR count). The number of halogens is 1. The Morgan fingerprint density at radius 2 is 1.50 bits per heavy atom. The van der Waals surface area contributed by atoms with Crippen LogP contribution in [0.15, 0.2) is 48.5 Å². The number of amides is 2. The first-order chi connectivity index (χ1) is 10.6. The number of nitrogens with one attached hydrogen (secondary N) is 2. The number of hydrogen-bond donors (Lipinski definition) is 2. The number of methoxy groups -OCH3 is 1. The highest BCUT2D eigenvalue weighted by Gasteiger charge is 2.13. The molecule has 0 fully saturated rings. The number of benzene rings is 2. The molecule has 2 aromatic rings. The molecule has 5 nitrogen and oxygen atoms in total. The molecule has 0 heterocycles. The summed E-state index contributed by atoms with van der Waals surface area (Å²) in [6.45, 7) is 0. The van der Waals surface area contributed by atoms with E-state index in [1.807, 2.05) is 0 Å². The van der Waals surface area contributed by atoms with Crippen LogP contribution < -0.4 is 15.4 Å². The Hall–Kier alpha value is -2.89. The lowest BCUT2D eigenvalue weighted by atomic mass is 10.2. The van der Waals surface area contributed by atoms with Gasteiger partial charge in [0.25, 0.3) is 0 Å². The van der Waals surface area contributed by atoms with Crippen molar-refractivity contribution in [3.05, 3.63) is 54.3 Å². The predicted octanol–water partition coefficient (Wildman–Crippen LogP) is 2.80. The molecule has 2 amide bonds. The zero-order valence-corrected chi connectivity index (χ0v) is 11.9. The van der Waals surface area contributed by atoms with Gasteiger partial charge in [-0.3, -0.25) is 9.59 Å². The lowest BCUT2D eigenvalue weighted by molar-refractivity contribution is -0.123. The van der Waals surface area contributed by atoms with Crippen LogP contribution in [0.2, 0.25) is 0 Å². The fourth-order valence-corrected chi connectivity index (χ4v) is 1.85. The molecule has 2 N–H and O–H groups in total. The molecule has 0 bridgehead atoms. The number of carbonyl (C=O) groups is 2. The molecule has 2 aromatic carbocycles. The van der Waals surface area contributed by atoms with E-state index in [0.29, 0.717) is 11.4 Å². The van der Waals surface area contributed by atoms with Crippen molar-refractivity contribution in [2.24, 2.45) is 0 Å². The average Bonchev–Trinajstić information content (AvgIpc) is 2.50. The average molecular weight is 302 g/mol. The molecule has 0 radical (unpaired) electrons. The summed E-state index contributed by atoms with van der Waals surface area (Å²) in [7, 11) is 1.48. The van der Waals surface area contributed by atoms with Crippen LogP contribution in [0.3, 0.4) is 0 Å². The zero-order valence-electron chi connectivity index (χ0n) is 11.9. The van der Waals surface area contributed by atoms with Crippen LogP contribution in [0.25, 0.3) is 0 Å². The van der Waals surface area contributed by atoms with Crippen molar-refractivity contribution in [2.45, 2.75) is 6.42 Å². The molecule has 0 atom stereocenters. The van der Waals surface area contributed by atoms with Crippen LogP contribution in [0.5, 0.6) is 5.75 Å². The summed E-state index contributed by atoms with van der Waals surface area (Å²) in [4.78, 5) is 23.6. The highest BCUT2D eigenvalue weighted by molar-refractivity contribution is 6.08. The highest BCUT2D eigenvalue weighted by Crippen LogP contribution is 2.23. The van der Waals surface area contributed by atoms with Gasteiger partial charge in [0.05, 0.1) is 18.5 Å². The van der Waals surface area contributed by atoms with E-state index in [-0.39, 0.29) is 5.69 Å². The molecule has 0 saturated heterocycles. The molecule has 0 aromatic heterocycles. The van der Waals surface area contributed by atoms with Crippen LogP contribution in [0, 0.1) is 5.82 Å². The number of anilines is 2. The SMILES string of the molecule is COc1ccccc1NC(=O)CC(=O)Nc1ccccc1F. The van der Waals surface area contributed by atoms with Crippen molar-refractivity contribution in [3.63, 3.8) is 0 Å². The molecule has 22 heavy (non-hydrogen) atoms. The normalized spacial score (nSPS) is 9.91. The van der Waals surface area contributed by atoms with Crippen molar-refractivity contribution < 1.29 is 18.7 Å². The first-order valence-corrected chi connectivity index (χ1v) is 6.57. The molecule has 114 valence electrons. The first kappa shape index (κ1) is 15.5. The Morgan fingerprint density at radius 3 is 2.14 bits per heavy atom. The van der Waals surface area contributed by atoms with E-state index >= 15 is 0 Å². The summed E-state index contributed by atoms with van der Waals surface area (Å²) in [6.07, 6.45) is -0.424. The lowest BCUT2D eigenvalue weighted by Gasteiger charge is -2.10. The van der Waals surface area contributed by atoms with E-state index in [1.165, 1.54) is 25.3 Å². The molecular formula is C16H15FN2O3. The van der Waals surface area contributed by atoms with Gasteiger partial charge in [0.2, 0.25) is 11.8 Å². The van der Waals surface area contributed by atoms with Crippen molar-refractivity contribution in [3.8, 4) is 5.75 Å². The number of hydrogen-bond acceptors (Lipinski definition) is 3. The number of ether oxygens (including phenoxy) is 1. The minimum atomic E-state index is -0.600. The second kappa shape index (κ2) is 7.21. The van der Waals surface area contributed by atoms with Gasteiger partial charge in [-0.1, -0.05) is 24.3 Å². The Bertz CT molecular complexity index is 689. The van der Waals surface area contributed by atoms with Crippen molar-refractivity contribution in [1.82, 2.24) is 0 Å². The number of rotatable bonds is 5. The summed E-state index contributed by atoms with van der Waals surface area (Å²) >= 11 is 0. The van der Waals surface area contributed by atoms with Crippen molar-refractivity contribution in [1.29, 1.82) is 0 Å². The van der Waals surface area contributed by atoms with Gasteiger partial charge in [-0.15, -0.1) is 0 Å². The lowest BCUT2D eigenvalue weighted by Crippen LogP contribution is -2.22. The third kappa shape index (κ3) is 4.05. The van der Waals surface area contributed by atoms with Crippen LogP contribution in [-0.4, -0.2) is 18.9 Å². The number of para-hydroxylation sites is 3. The molecular weight excluding hydrogens is 287 g/mol. The maximum Gasteiger partial charge on any atom is 0.233 e. The van der Waals surface area contributed by atoms with Gasteiger partial charge >= 0.3 is 0 Å². The standard InChI is InChI=1S/C16H15FN2O3/c1-22-14-9-5-4-8-13(14)19-16(21)10-15(20)18-12-7-3-2-6-11(12)17/h2-9H,10H2,1H3,(H,18,20)(H,19,21). The Labute approximate surface area is 127 Å². The second-order valence-corrected chi connectivity index (χ2v) is 4.45. The van der Waals surface area contributed by atoms with Gasteiger partial charge in [-0.05, 0) is 24.3 Å². The van der Waals surface area contributed by atoms with E-state index in [4.69, 9.17) is 4.74 Å². The predicted molar refractivity (Wildman–Crippen MR) is 81.3 cm³/mol. The third-order valence-electron chi connectivity index (χ3n) is 2.85. The summed E-state index contributed by atoms with van der Waals surface area (Å²) in [5.41, 5.74) is 0.506. The molecule has 6 heteroatoms. The van der Waals surface area contributed by atoms with E-state index in [9.17, 15) is 14.0 Å². The van der Waals surface area contributed by atoms with Crippen LogP contribution in [0.4, 0.5) is 15.8 Å². The topological polar surface area (TPSA) is 67.4 Å². The molecule has 0 aliphatic carbocycles. The van der Waals surface area contributed by atoms with Gasteiger partial charge in [-0.25, -0.2) is 4.39 Å². The van der Waals surface area contributed by atoms with Crippen LogP contribution in [0.1, 0.15) is 6.42 Å². The van der Waals surface area contributed by atoms with Gasteiger partial charge in [-0.2, -0.15) is 0 Å².